The maximum atomic E-state index is 12.7. The van der Waals surface area contributed by atoms with Gasteiger partial charge in [0, 0.05) is 53.3 Å². The topological polar surface area (TPSA) is 66.6 Å². The highest BCUT2D eigenvalue weighted by atomic mass is 35.5. The smallest absolute Gasteiger partial charge is 0.250 e. The van der Waals surface area contributed by atoms with Gasteiger partial charge in [0.15, 0.2) is 0 Å². The number of benzene rings is 1. The first-order valence-corrected chi connectivity index (χ1v) is 11.2. The number of fused-ring (bicyclic) bond motifs is 1. The van der Waals surface area contributed by atoms with E-state index in [1.165, 1.54) is 11.3 Å². The van der Waals surface area contributed by atoms with Crippen LogP contribution in [0.15, 0.2) is 24.3 Å². The van der Waals surface area contributed by atoms with Gasteiger partial charge in [-0.1, -0.05) is 23.7 Å². The van der Waals surface area contributed by atoms with Crippen molar-refractivity contribution < 1.29 is 9.59 Å². The number of Topliss-reactive ketones (excluding diaryl/α,β-unsaturated/α-hetero) is 1. The van der Waals surface area contributed by atoms with Gasteiger partial charge in [-0.2, -0.15) is 0 Å². The zero-order chi connectivity index (χ0) is 20.5. The van der Waals surface area contributed by atoms with Crippen LogP contribution in [0.2, 0.25) is 5.02 Å². The van der Waals surface area contributed by atoms with Crippen molar-refractivity contribution in [1.82, 2.24) is 9.80 Å². The van der Waals surface area contributed by atoms with Gasteiger partial charge in [0.1, 0.15) is 5.78 Å². The Morgan fingerprint density at radius 2 is 1.97 bits per heavy atom. The van der Waals surface area contributed by atoms with Crippen LogP contribution in [0.3, 0.4) is 0 Å². The second kappa shape index (κ2) is 8.56. The fourth-order valence-electron chi connectivity index (χ4n) is 4.48. The van der Waals surface area contributed by atoms with E-state index in [0.29, 0.717) is 23.0 Å². The molecule has 5 nitrogen and oxygen atoms in total. The number of hydrogen-bond donors (Lipinski definition) is 1. The second-order valence-corrected chi connectivity index (χ2v) is 9.74. The standard InChI is InChI=1S/C22H26ClN3O2S/c1-25-8-6-16(12-25)26-9-7-18-20(13-26)29-19(21(18)22(24)28)11-17(27)10-14-2-4-15(23)5-3-14/h2-5,16H,6-13H2,1H3,(H2,24,28). The molecule has 0 spiro atoms. The van der Waals surface area contributed by atoms with Crippen LogP contribution >= 0.6 is 22.9 Å². The lowest BCUT2D eigenvalue weighted by Gasteiger charge is -2.32. The van der Waals surface area contributed by atoms with Crippen molar-refractivity contribution in [2.75, 3.05) is 26.7 Å². The predicted octanol–water partition coefficient (Wildman–Crippen LogP) is 2.92. The first-order valence-electron chi connectivity index (χ1n) is 10.0. The Morgan fingerprint density at radius 1 is 1.21 bits per heavy atom. The molecule has 2 aliphatic heterocycles. The largest absolute Gasteiger partial charge is 0.366 e. The van der Waals surface area contributed by atoms with E-state index in [4.69, 9.17) is 17.3 Å². The fourth-order valence-corrected chi connectivity index (χ4v) is 6.02. The maximum absolute atomic E-state index is 12.7. The molecule has 1 fully saturated rings. The van der Waals surface area contributed by atoms with E-state index in [9.17, 15) is 9.59 Å². The Labute approximate surface area is 180 Å². The number of thiophene rings is 1. The number of carbonyl (C=O) groups excluding carboxylic acids is 2. The summed E-state index contributed by atoms with van der Waals surface area (Å²) in [7, 11) is 2.16. The molecule has 1 atom stereocenters. The fraction of sp³-hybridized carbons (Fsp3) is 0.455. The normalized spacial score (nSPS) is 20.0. The van der Waals surface area contributed by atoms with Gasteiger partial charge in [-0.05, 0) is 49.7 Å². The lowest BCUT2D eigenvalue weighted by molar-refractivity contribution is -0.117. The average molecular weight is 432 g/mol. The van der Waals surface area contributed by atoms with Crippen LogP contribution < -0.4 is 5.73 Å². The molecule has 1 aromatic carbocycles. The van der Waals surface area contributed by atoms with Gasteiger partial charge in [0.25, 0.3) is 0 Å². The third-order valence-corrected chi connectivity index (χ3v) is 7.43. The van der Waals surface area contributed by atoms with Gasteiger partial charge in [0.2, 0.25) is 5.91 Å². The number of likely N-dealkylation sites (tertiary alicyclic amines) is 1. The van der Waals surface area contributed by atoms with Crippen molar-refractivity contribution in [3.8, 4) is 0 Å². The molecular formula is C22H26ClN3O2S. The van der Waals surface area contributed by atoms with Crippen LogP contribution in [0, 0.1) is 0 Å². The zero-order valence-electron chi connectivity index (χ0n) is 16.6. The highest BCUT2D eigenvalue weighted by Crippen LogP contribution is 2.35. The predicted molar refractivity (Wildman–Crippen MR) is 117 cm³/mol. The van der Waals surface area contributed by atoms with Crippen LogP contribution in [0.1, 0.15) is 37.7 Å². The van der Waals surface area contributed by atoms with E-state index < -0.39 is 5.91 Å². The molecule has 2 aliphatic rings. The van der Waals surface area contributed by atoms with Gasteiger partial charge in [-0.15, -0.1) is 11.3 Å². The molecule has 1 aromatic heterocycles. The molecule has 0 saturated carbocycles. The summed E-state index contributed by atoms with van der Waals surface area (Å²) >= 11 is 7.51. The molecule has 1 saturated heterocycles. The van der Waals surface area contributed by atoms with E-state index in [-0.39, 0.29) is 12.2 Å². The molecule has 0 aliphatic carbocycles. The summed E-state index contributed by atoms with van der Waals surface area (Å²) in [6.07, 6.45) is 2.60. The Kier molecular flexibility index (Phi) is 6.06. The number of amides is 1. The quantitative estimate of drug-likeness (QED) is 0.763. The third-order valence-electron chi connectivity index (χ3n) is 5.96. The Morgan fingerprint density at radius 3 is 2.62 bits per heavy atom. The number of hydrogen-bond acceptors (Lipinski definition) is 5. The Hall–Kier alpha value is -1.73. The van der Waals surface area contributed by atoms with Crippen molar-refractivity contribution in [3.05, 3.63) is 55.7 Å². The number of nitrogens with two attached hydrogens (primary N) is 1. The molecule has 29 heavy (non-hydrogen) atoms. The van der Waals surface area contributed by atoms with Crippen molar-refractivity contribution in [2.45, 2.75) is 38.3 Å². The van der Waals surface area contributed by atoms with Crippen LogP contribution in [-0.4, -0.2) is 54.2 Å². The minimum Gasteiger partial charge on any atom is -0.366 e. The second-order valence-electron chi connectivity index (χ2n) is 8.11. The molecule has 2 N–H and O–H groups in total. The highest BCUT2D eigenvalue weighted by molar-refractivity contribution is 7.12. The number of carbonyl (C=O) groups is 2. The minimum atomic E-state index is -0.411. The van der Waals surface area contributed by atoms with Crippen molar-refractivity contribution >= 4 is 34.6 Å². The molecular weight excluding hydrogens is 406 g/mol. The van der Waals surface area contributed by atoms with E-state index in [1.54, 1.807) is 23.5 Å². The summed E-state index contributed by atoms with van der Waals surface area (Å²) in [5, 5.41) is 0.654. The number of ketones is 1. The first kappa shape index (κ1) is 20.5. The molecule has 4 rings (SSSR count). The summed E-state index contributed by atoms with van der Waals surface area (Å²) in [6.45, 7) is 4.02. The van der Waals surface area contributed by atoms with Crippen LogP contribution in [-0.2, 0) is 30.6 Å². The lowest BCUT2D eigenvalue weighted by atomic mass is 9.97. The number of rotatable bonds is 6. The van der Waals surface area contributed by atoms with Gasteiger partial charge >= 0.3 is 0 Å². The van der Waals surface area contributed by atoms with E-state index in [1.807, 2.05) is 12.1 Å². The molecule has 2 aromatic rings. The van der Waals surface area contributed by atoms with Crippen molar-refractivity contribution in [1.29, 1.82) is 0 Å². The summed E-state index contributed by atoms with van der Waals surface area (Å²) < 4.78 is 0. The van der Waals surface area contributed by atoms with Gasteiger partial charge in [0.05, 0.1) is 5.56 Å². The van der Waals surface area contributed by atoms with Gasteiger partial charge in [-0.3, -0.25) is 14.5 Å². The van der Waals surface area contributed by atoms with E-state index >= 15 is 0 Å². The van der Waals surface area contributed by atoms with Crippen LogP contribution in [0.25, 0.3) is 0 Å². The Bertz CT molecular complexity index is 925. The van der Waals surface area contributed by atoms with Crippen molar-refractivity contribution in [2.24, 2.45) is 5.73 Å². The number of halogens is 1. The number of likely N-dealkylation sites (N-methyl/N-ethyl adjacent to an activating group) is 1. The number of primary amides is 1. The minimum absolute atomic E-state index is 0.0858. The SMILES string of the molecule is CN1CCC(N2CCc3c(sc(CC(=O)Cc4ccc(Cl)cc4)c3C(N)=O)C2)C1. The van der Waals surface area contributed by atoms with Crippen molar-refractivity contribution in [3.63, 3.8) is 0 Å². The Balaban J connectivity index is 1.50. The molecule has 1 amide bonds. The molecule has 3 heterocycles. The van der Waals surface area contributed by atoms with Gasteiger partial charge in [-0.25, -0.2) is 0 Å². The monoisotopic (exact) mass is 431 g/mol. The zero-order valence-corrected chi connectivity index (χ0v) is 18.2. The molecule has 154 valence electrons. The highest BCUT2D eigenvalue weighted by Gasteiger charge is 2.32. The summed E-state index contributed by atoms with van der Waals surface area (Å²) in [6, 6.07) is 7.88. The average Bonchev–Trinajstić information content (AvgIpc) is 3.26. The molecule has 0 bridgehead atoms. The van der Waals surface area contributed by atoms with Crippen LogP contribution in [0.5, 0.6) is 0 Å². The summed E-state index contributed by atoms with van der Waals surface area (Å²) in [5.74, 6) is -0.325. The first-order chi connectivity index (χ1) is 13.9. The molecule has 0 radical (unpaired) electrons. The van der Waals surface area contributed by atoms with E-state index in [0.717, 1.165) is 48.6 Å². The summed E-state index contributed by atoms with van der Waals surface area (Å²) in [4.78, 5) is 31.8. The summed E-state index contributed by atoms with van der Waals surface area (Å²) in [5.41, 5.74) is 8.32. The number of nitrogens with zero attached hydrogens (tertiary/aromatic N) is 2. The van der Waals surface area contributed by atoms with Gasteiger partial charge < -0.3 is 10.6 Å². The molecule has 1 unspecified atom stereocenters. The third kappa shape index (κ3) is 4.56. The van der Waals surface area contributed by atoms with E-state index in [2.05, 4.69) is 16.8 Å². The molecule has 7 heteroatoms. The lowest BCUT2D eigenvalue weighted by Crippen LogP contribution is -2.40. The maximum Gasteiger partial charge on any atom is 0.250 e. The van der Waals surface area contributed by atoms with Crippen LogP contribution in [0.4, 0.5) is 0 Å².